The standard InChI is InChI=1S/C17H28N2O/c1-13(2)9-15(11-18)10-17(20)19-12-14(3)16-7-5-4-6-8-16/h4-8,13-15H,9-12,18H2,1-3H3,(H,19,20)/t14?,15-/m0/s1. The Morgan fingerprint density at radius 1 is 1.20 bits per heavy atom. The summed E-state index contributed by atoms with van der Waals surface area (Å²) in [6.07, 6.45) is 1.55. The SMILES string of the molecule is CC(C)C[C@H](CN)CC(=O)NCC(C)c1ccccc1. The van der Waals surface area contributed by atoms with Crippen molar-refractivity contribution in [1.29, 1.82) is 0 Å². The van der Waals surface area contributed by atoms with Crippen molar-refractivity contribution in [2.45, 2.75) is 39.5 Å². The molecule has 3 nitrogen and oxygen atoms in total. The number of hydrogen-bond donors (Lipinski definition) is 2. The summed E-state index contributed by atoms with van der Waals surface area (Å²) in [6, 6.07) is 10.3. The van der Waals surface area contributed by atoms with Crippen LogP contribution in [0.5, 0.6) is 0 Å². The lowest BCUT2D eigenvalue weighted by atomic mass is 9.94. The van der Waals surface area contributed by atoms with Crippen LogP contribution in [0.3, 0.4) is 0 Å². The molecule has 3 heteroatoms. The smallest absolute Gasteiger partial charge is 0.220 e. The molecule has 1 aromatic carbocycles. The van der Waals surface area contributed by atoms with Crippen molar-refractivity contribution in [3.8, 4) is 0 Å². The molecule has 0 radical (unpaired) electrons. The first-order valence-corrected chi connectivity index (χ1v) is 7.54. The van der Waals surface area contributed by atoms with Crippen LogP contribution in [0.25, 0.3) is 0 Å². The highest BCUT2D eigenvalue weighted by atomic mass is 16.1. The zero-order valence-corrected chi connectivity index (χ0v) is 12.9. The van der Waals surface area contributed by atoms with Crippen LogP contribution in [-0.2, 0) is 4.79 Å². The maximum absolute atomic E-state index is 12.0. The van der Waals surface area contributed by atoms with Gasteiger partial charge in [-0.2, -0.15) is 0 Å². The van der Waals surface area contributed by atoms with E-state index in [0.717, 1.165) is 6.42 Å². The molecular weight excluding hydrogens is 248 g/mol. The largest absolute Gasteiger partial charge is 0.355 e. The van der Waals surface area contributed by atoms with Gasteiger partial charge in [-0.1, -0.05) is 51.1 Å². The highest BCUT2D eigenvalue weighted by Gasteiger charge is 2.14. The Labute approximate surface area is 122 Å². The van der Waals surface area contributed by atoms with Gasteiger partial charge in [0.05, 0.1) is 0 Å². The number of amides is 1. The first kappa shape index (κ1) is 16.7. The zero-order chi connectivity index (χ0) is 15.0. The summed E-state index contributed by atoms with van der Waals surface area (Å²) in [5, 5.41) is 3.02. The van der Waals surface area contributed by atoms with Crippen LogP contribution >= 0.6 is 0 Å². The Morgan fingerprint density at radius 3 is 2.40 bits per heavy atom. The Hall–Kier alpha value is -1.35. The van der Waals surface area contributed by atoms with Crippen molar-refractivity contribution >= 4 is 5.91 Å². The maximum atomic E-state index is 12.0. The maximum Gasteiger partial charge on any atom is 0.220 e. The van der Waals surface area contributed by atoms with E-state index in [9.17, 15) is 4.79 Å². The summed E-state index contributed by atoms with van der Waals surface area (Å²) in [5.41, 5.74) is 6.99. The lowest BCUT2D eigenvalue weighted by molar-refractivity contribution is -0.122. The first-order chi connectivity index (χ1) is 9.52. The topological polar surface area (TPSA) is 55.1 Å². The van der Waals surface area contributed by atoms with Crippen molar-refractivity contribution in [3.05, 3.63) is 35.9 Å². The van der Waals surface area contributed by atoms with Gasteiger partial charge in [-0.05, 0) is 36.3 Å². The average Bonchev–Trinajstić information content (AvgIpc) is 2.44. The second kappa shape index (κ2) is 8.75. The monoisotopic (exact) mass is 276 g/mol. The second-order valence-corrected chi connectivity index (χ2v) is 6.05. The van der Waals surface area contributed by atoms with Crippen LogP contribution in [0.2, 0.25) is 0 Å². The molecule has 3 N–H and O–H groups in total. The van der Waals surface area contributed by atoms with E-state index < -0.39 is 0 Å². The van der Waals surface area contributed by atoms with Gasteiger partial charge in [0.2, 0.25) is 5.91 Å². The number of carbonyl (C=O) groups is 1. The predicted octanol–water partition coefficient (Wildman–Crippen LogP) is 2.92. The van der Waals surface area contributed by atoms with Gasteiger partial charge >= 0.3 is 0 Å². The molecule has 0 saturated heterocycles. The van der Waals surface area contributed by atoms with Gasteiger partial charge in [-0.3, -0.25) is 4.79 Å². The number of benzene rings is 1. The molecule has 0 saturated carbocycles. The number of hydrogen-bond acceptors (Lipinski definition) is 2. The van der Waals surface area contributed by atoms with E-state index in [4.69, 9.17) is 5.73 Å². The molecule has 0 bridgehead atoms. The number of carbonyl (C=O) groups excluding carboxylic acids is 1. The van der Waals surface area contributed by atoms with Crippen LogP contribution in [0.4, 0.5) is 0 Å². The molecule has 1 rings (SSSR count). The highest BCUT2D eigenvalue weighted by Crippen LogP contribution is 2.15. The first-order valence-electron chi connectivity index (χ1n) is 7.54. The number of nitrogens with one attached hydrogen (secondary N) is 1. The van der Waals surface area contributed by atoms with E-state index >= 15 is 0 Å². The van der Waals surface area contributed by atoms with Gasteiger partial charge in [-0.25, -0.2) is 0 Å². The zero-order valence-electron chi connectivity index (χ0n) is 12.9. The molecule has 2 atom stereocenters. The van der Waals surface area contributed by atoms with Gasteiger partial charge in [0, 0.05) is 13.0 Å². The molecule has 1 amide bonds. The Balaban J connectivity index is 2.35. The predicted molar refractivity (Wildman–Crippen MR) is 84.5 cm³/mol. The van der Waals surface area contributed by atoms with Gasteiger partial charge in [0.15, 0.2) is 0 Å². The molecule has 20 heavy (non-hydrogen) atoms. The fourth-order valence-corrected chi connectivity index (χ4v) is 2.43. The van der Waals surface area contributed by atoms with Crippen molar-refractivity contribution < 1.29 is 4.79 Å². The summed E-state index contributed by atoms with van der Waals surface area (Å²) >= 11 is 0. The third-order valence-corrected chi connectivity index (χ3v) is 3.59. The summed E-state index contributed by atoms with van der Waals surface area (Å²) in [7, 11) is 0. The molecule has 0 aliphatic heterocycles. The van der Waals surface area contributed by atoms with E-state index in [1.54, 1.807) is 0 Å². The fraction of sp³-hybridized carbons (Fsp3) is 0.588. The van der Waals surface area contributed by atoms with Crippen LogP contribution in [-0.4, -0.2) is 19.0 Å². The van der Waals surface area contributed by atoms with Crippen LogP contribution < -0.4 is 11.1 Å². The van der Waals surface area contributed by atoms with Gasteiger partial charge < -0.3 is 11.1 Å². The summed E-state index contributed by atoms with van der Waals surface area (Å²) in [4.78, 5) is 12.0. The molecule has 0 aliphatic rings. The lowest BCUT2D eigenvalue weighted by Gasteiger charge is -2.18. The summed E-state index contributed by atoms with van der Waals surface area (Å²) in [6.45, 7) is 7.72. The normalized spacial score (nSPS) is 14.1. The highest BCUT2D eigenvalue weighted by molar-refractivity contribution is 5.76. The Morgan fingerprint density at radius 2 is 1.85 bits per heavy atom. The van der Waals surface area contributed by atoms with Crippen molar-refractivity contribution in [2.24, 2.45) is 17.6 Å². The van der Waals surface area contributed by atoms with Crippen molar-refractivity contribution in [1.82, 2.24) is 5.32 Å². The Bertz CT molecular complexity index is 389. The molecule has 0 spiro atoms. The van der Waals surface area contributed by atoms with Crippen molar-refractivity contribution in [3.63, 3.8) is 0 Å². The van der Waals surface area contributed by atoms with Crippen LogP contribution in [0.1, 0.15) is 45.1 Å². The number of rotatable bonds is 8. The average molecular weight is 276 g/mol. The molecular formula is C17H28N2O. The Kier molecular flexibility index (Phi) is 7.31. The minimum absolute atomic E-state index is 0.115. The van der Waals surface area contributed by atoms with Gasteiger partial charge in [0.1, 0.15) is 0 Å². The quantitative estimate of drug-likeness (QED) is 0.767. The summed E-state index contributed by atoms with van der Waals surface area (Å²) < 4.78 is 0. The van der Waals surface area contributed by atoms with Crippen LogP contribution in [0.15, 0.2) is 30.3 Å². The van der Waals surface area contributed by atoms with Crippen molar-refractivity contribution in [2.75, 3.05) is 13.1 Å². The summed E-state index contributed by atoms with van der Waals surface area (Å²) in [5.74, 6) is 1.33. The fourth-order valence-electron chi connectivity index (χ4n) is 2.43. The minimum Gasteiger partial charge on any atom is -0.355 e. The second-order valence-electron chi connectivity index (χ2n) is 6.05. The third kappa shape index (κ3) is 6.20. The van der Waals surface area contributed by atoms with E-state index in [1.807, 2.05) is 18.2 Å². The molecule has 112 valence electrons. The minimum atomic E-state index is 0.115. The van der Waals surface area contributed by atoms with E-state index in [1.165, 1.54) is 5.56 Å². The van der Waals surface area contributed by atoms with Crippen LogP contribution in [0, 0.1) is 11.8 Å². The third-order valence-electron chi connectivity index (χ3n) is 3.59. The van der Waals surface area contributed by atoms with E-state index in [-0.39, 0.29) is 5.91 Å². The molecule has 1 unspecified atom stereocenters. The van der Waals surface area contributed by atoms with E-state index in [2.05, 4.69) is 38.2 Å². The van der Waals surface area contributed by atoms with Gasteiger partial charge in [-0.15, -0.1) is 0 Å². The molecule has 0 fully saturated rings. The molecule has 1 aromatic rings. The van der Waals surface area contributed by atoms with Gasteiger partial charge in [0.25, 0.3) is 0 Å². The molecule has 0 aliphatic carbocycles. The molecule has 0 heterocycles. The number of nitrogens with two attached hydrogens (primary N) is 1. The lowest BCUT2D eigenvalue weighted by Crippen LogP contribution is -2.31. The van der Waals surface area contributed by atoms with E-state index in [0.29, 0.717) is 37.3 Å². The molecule has 0 aromatic heterocycles.